The summed E-state index contributed by atoms with van der Waals surface area (Å²) in [7, 11) is 0. The molecule has 1 aliphatic carbocycles. The van der Waals surface area contributed by atoms with Crippen molar-refractivity contribution < 1.29 is 18.0 Å². The third-order valence-corrected chi connectivity index (χ3v) is 4.32. The summed E-state index contributed by atoms with van der Waals surface area (Å²) >= 11 is 6.14. The molecule has 1 amide bonds. The van der Waals surface area contributed by atoms with E-state index >= 15 is 0 Å². The number of aromatic nitrogens is 1. The van der Waals surface area contributed by atoms with Crippen molar-refractivity contribution in [1.82, 2.24) is 4.98 Å². The zero-order chi connectivity index (χ0) is 18.2. The van der Waals surface area contributed by atoms with Gasteiger partial charge in [0, 0.05) is 16.4 Å². The van der Waals surface area contributed by atoms with E-state index < -0.39 is 23.6 Å². The molecule has 0 bridgehead atoms. The second-order valence-electron chi connectivity index (χ2n) is 5.63. The van der Waals surface area contributed by atoms with Gasteiger partial charge >= 0.3 is 6.18 Å². The van der Waals surface area contributed by atoms with Crippen molar-refractivity contribution in [2.75, 3.05) is 0 Å². The predicted molar refractivity (Wildman–Crippen MR) is 84.7 cm³/mol. The smallest absolute Gasteiger partial charge is 0.292 e. The number of carbonyl (C=O) groups is 1. The summed E-state index contributed by atoms with van der Waals surface area (Å²) in [6.07, 6.45) is -3.94. The summed E-state index contributed by atoms with van der Waals surface area (Å²) in [5.74, 6) is -1.16. The van der Waals surface area contributed by atoms with E-state index in [1.165, 1.54) is 12.1 Å². The van der Waals surface area contributed by atoms with Gasteiger partial charge in [0.15, 0.2) is 0 Å². The van der Waals surface area contributed by atoms with E-state index in [-0.39, 0.29) is 11.1 Å². The lowest BCUT2D eigenvalue weighted by molar-refractivity contribution is -0.137. The zero-order valence-corrected chi connectivity index (χ0v) is 13.3. The molecule has 0 spiro atoms. The molecule has 0 aliphatic heterocycles. The number of carbonyl (C=O) groups excluding carboxylic acids is 1. The molecule has 3 rings (SSSR count). The molecule has 2 unspecified atom stereocenters. The van der Waals surface area contributed by atoms with Crippen molar-refractivity contribution in [1.29, 1.82) is 0 Å². The largest absolute Gasteiger partial charge is 0.416 e. The maximum Gasteiger partial charge on any atom is 0.416 e. The summed E-state index contributed by atoms with van der Waals surface area (Å²) < 4.78 is 38.4. The van der Waals surface area contributed by atoms with Crippen LogP contribution in [0.25, 0.3) is 21.7 Å². The lowest BCUT2D eigenvalue weighted by Gasteiger charge is -2.10. The van der Waals surface area contributed by atoms with Crippen molar-refractivity contribution in [2.45, 2.75) is 18.5 Å². The van der Waals surface area contributed by atoms with Gasteiger partial charge in [-0.1, -0.05) is 29.8 Å². The standard InChI is InChI=1S/C16H10ClF3N4O/c17-14-10(11-7-12(11)15(25)23-24-21)4-5-13(22-14)8-2-1-3-9(6-8)16(18,19)20/h1-6,11-12H,7H2. The van der Waals surface area contributed by atoms with Crippen molar-refractivity contribution >= 4 is 17.5 Å². The fourth-order valence-electron chi connectivity index (χ4n) is 2.67. The average Bonchev–Trinajstić information content (AvgIpc) is 3.35. The number of hydrogen-bond acceptors (Lipinski definition) is 2. The lowest BCUT2D eigenvalue weighted by Crippen LogP contribution is -2.04. The van der Waals surface area contributed by atoms with E-state index in [1.54, 1.807) is 12.1 Å². The maximum absolute atomic E-state index is 12.8. The Kier molecular flexibility index (Phi) is 4.41. The second-order valence-corrected chi connectivity index (χ2v) is 5.99. The molecule has 128 valence electrons. The minimum Gasteiger partial charge on any atom is -0.292 e. The normalized spacial score (nSPS) is 19.2. The number of pyridine rings is 1. The van der Waals surface area contributed by atoms with Gasteiger partial charge in [0.05, 0.1) is 11.3 Å². The second kappa shape index (κ2) is 6.38. The molecule has 2 atom stereocenters. The quantitative estimate of drug-likeness (QED) is 0.317. The average molecular weight is 367 g/mol. The van der Waals surface area contributed by atoms with Gasteiger partial charge in [-0.25, -0.2) is 4.98 Å². The molecule has 0 saturated heterocycles. The molecule has 1 aromatic carbocycles. The molecular weight excluding hydrogens is 357 g/mol. The van der Waals surface area contributed by atoms with Gasteiger partial charge in [0.2, 0.25) is 5.91 Å². The van der Waals surface area contributed by atoms with Crippen LogP contribution in [0.5, 0.6) is 0 Å². The first kappa shape index (κ1) is 17.3. The van der Waals surface area contributed by atoms with Gasteiger partial charge in [0.25, 0.3) is 0 Å². The Bertz CT molecular complexity index is 893. The highest BCUT2D eigenvalue weighted by Crippen LogP contribution is 2.50. The highest BCUT2D eigenvalue weighted by atomic mass is 35.5. The first-order chi connectivity index (χ1) is 11.8. The summed E-state index contributed by atoms with van der Waals surface area (Å²) in [6, 6.07) is 8.00. The van der Waals surface area contributed by atoms with Gasteiger partial charge in [-0.2, -0.15) is 13.2 Å². The topological polar surface area (TPSA) is 78.7 Å². The minimum absolute atomic E-state index is 0.121. The van der Waals surface area contributed by atoms with Gasteiger partial charge < -0.3 is 0 Å². The van der Waals surface area contributed by atoms with Gasteiger partial charge in [-0.3, -0.25) is 4.79 Å². The van der Waals surface area contributed by atoms with Crippen LogP contribution in [0.15, 0.2) is 41.5 Å². The van der Waals surface area contributed by atoms with Crippen LogP contribution >= 0.6 is 11.6 Å². The number of azide groups is 1. The fourth-order valence-corrected chi connectivity index (χ4v) is 2.96. The summed E-state index contributed by atoms with van der Waals surface area (Å²) in [5.41, 5.74) is 8.73. The van der Waals surface area contributed by atoms with Crippen LogP contribution in [0.3, 0.4) is 0 Å². The third kappa shape index (κ3) is 3.60. The molecule has 5 nitrogen and oxygen atoms in total. The summed E-state index contributed by atoms with van der Waals surface area (Å²) in [4.78, 5) is 18.1. The van der Waals surface area contributed by atoms with Crippen molar-refractivity contribution in [3.8, 4) is 11.3 Å². The van der Waals surface area contributed by atoms with Gasteiger partial charge in [0.1, 0.15) is 5.15 Å². The first-order valence-electron chi connectivity index (χ1n) is 7.24. The monoisotopic (exact) mass is 366 g/mol. The number of nitrogens with zero attached hydrogens (tertiary/aromatic N) is 4. The summed E-state index contributed by atoms with van der Waals surface area (Å²) in [6.45, 7) is 0. The molecule has 0 N–H and O–H groups in total. The van der Waals surface area contributed by atoms with Crippen LogP contribution in [-0.4, -0.2) is 10.9 Å². The molecule has 1 fully saturated rings. The van der Waals surface area contributed by atoms with Crippen molar-refractivity contribution in [3.05, 3.63) is 63.1 Å². The van der Waals surface area contributed by atoms with Crippen LogP contribution in [0.4, 0.5) is 13.2 Å². The zero-order valence-electron chi connectivity index (χ0n) is 12.5. The maximum atomic E-state index is 12.8. The minimum atomic E-state index is -4.44. The molecule has 1 saturated carbocycles. The van der Waals surface area contributed by atoms with Crippen LogP contribution in [-0.2, 0) is 11.0 Å². The molecule has 2 aromatic rings. The molecule has 25 heavy (non-hydrogen) atoms. The van der Waals surface area contributed by atoms with E-state index in [9.17, 15) is 18.0 Å². The molecule has 1 aliphatic rings. The van der Waals surface area contributed by atoms with Crippen LogP contribution in [0.1, 0.15) is 23.5 Å². The Hall–Kier alpha value is -2.57. The van der Waals surface area contributed by atoms with E-state index in [2.05, 4.69) is 15.0 Å². The van der Waals surface area contributed by atoms with Crippen LogP contribution in [0.2, 0.25) is 5.15 Å². The third-order valence-electron chi connectivity index (χ3n) is 4.01. The number of benzene rings is 1. The molecule has 1 aromatic heterocycles. The molecule has 1 heterocycles. The summed E-state index contributed by atoms with van der Waals surface area (Å²) in [5, 5.41) is 3.18. The molecule has 9 heteroatoms. The van der Waals surface area contributed by atoms with E-state index in [0.717, 1.165) is 12.1 Å². The van der Waals surface area contributed by atoms with Crippen LogP contribution in [0, 0.1) is 5.92 Å². The first-order valence-corrected chi connectivity index (χ1v) is 7.62. The van der Waals surface area contributed by atoms with E-state index in [1.807, 2.05) is 0 Å². The number of alkyl halides is 3. The highest BCUT2D eigenvalue weighted by Gasteiger charge is 2.44. The molecular formula is C16H10ClF3N4O. The van der Waals surface area contributed by atoms with Gasteiger partial charge in [-0.15, -0.1) is 0 Å². The lowest BCUT2D eigenvalue weighted by atomic mass is 10.1. The highest BCUT2D eigenvalue weighted by molar-refractivity contribution is 6.30. The number of amides is 1. The van der Waals surface area contributed by atoms with E-state index in [4.69, 9.17) is 17.1 Å². The Balaban J connectivity index is 1.86. The van der Waals surface area contributed by atoms with Crippen molar-refractivity contribution in [2.24, 2.45) is 11.0 Å². The predicted octanol–water partition coefficient (Wildman–Crippen LogP) is 5.36. The number of rotatable bonds is 3. The fraction of sp³-hybridized carbons (Fsp3) is 0.250. The Morgan fingerprint density at radius 3 is 2.72 bits per heavy atom. The Labute approximate surface area is 145 Å². The van der Waals surface area contributed by atoms with Crippen LogP contribution < -0.4 is 0 Å². The Morgan fingerprint density at radius 2 is 2.08 bits per heavy atom. The van der Waals surface area contributed by atoms with E-state index in [0.29, 0.717) is 23.2 Å². The van der Waals surface area contributed by atoms with Gasteiger partial charge in [-0.05, 0) is 46.7 Å². The Morgan fingerprint density at radius 1 is 1.32 bits per heavy atom. The SMILES string of the molecule is [N-]=[N+]=NC(=O)C1CC1c1ccc(-c2cccc(C(F)(F)F)c2)nc1Cl. The molecule has 0 radical (unpaired) electrons. The number of hydrogen-bond donors (Lipinski definition) is 0. The number of halogens is 4. The van der Waals surface area contributed by atoms with Crippen molar-refractivity contribution in [3.63, 3.8) is 0 Å².